The van der Waals surface area contributed by atoms with Crippen LogP contribution in [0.2, 0.25) is 0 Å². The van der Waals surface area contributed by atoms with Crippen LogP contribution < -0.4 is 10.9 Å². The molecular formula is C26H33N5O2S. The van der Waals surface area contributed by atoms with Crippen molar-refractivity contribution < 1.29 is 4.79 Å². The van der Waals surface area contributed by atoms with Crippen molar-refractivity contribution in [3.8, 4) is 17.1 Å². The molecule has 34 heavy (non-hydrogen) atoms. The molecule has 3 heterocycles. The molecule has 0 radical (unpaired) electrons. The van der Waals surface area contributed by atoms with Crippen molar-refractivity contribution in [1.82, 2.24) is 24.6 Å². The number of rotatable bonds is 5. The van der Waals surface area contributed by atoms with E-state index in [2.05, 4.69) is 28.8 Å². The SMILES string of the molecule is CC1CCCC(NC(=O)CSc2nc3nn(-c4ccccc4)c(=O)c-3c3n2CCCCC3)C1C. The number of nitrogens with one attached hydrogen (secondary N) is 1. The Morgan fingerprint density at radius 1 is 1.12 bits per heavy atom. The Morgan fingerprint density at radius 2 is 1.94 bits per heavy atom. The molecule has 1 aromatic rings. The number of carbonyl (C=O) groups excluding carboxylic acids is 1. The standard InChI is InChI=1S/C26H33N5O2S/c1-17-10-9-13-20(18(17)2)27-22(32)16-34-26-28-24-23(21-14-7-4-8-15-30(21)26)25(33)31(29-24)19-11-5-3-6-12-19/h3,5-6,11-12,17-18,20H,4,7-10,13-16H2,1-2H3,(H,27,32). The van der Waals surface area contributed by atoms with E-state index < -0.39 is 0 Å². The number of hydrogen-bond acceptors (Lipinski definition) is 5. The number of thioether (sulfide) groups is 1. The Bertz CT molecular complexity index is 1190. The molecule has 0 spiro atoms. The Morgan fingerprint density at radius 3 is 2.76 bits per heavy atom. The zero-order valence-corrected chi connectivity index (χ0v) is 20.8. The first-order chi connectivity index (χ1) is 16.5. The van der Waals surface area contributed by atoms with Gasteiger partial charge in [0.25, 0.3) is 5.56 Å². The first kappa shape index (κ1) is 23.1. The third-order valence-corrected chi connectivity index (χ3v) is 8.53. The summed E-state index contributed by atoms with van der Waals surface area (Å²) >= 11 is 1.46. The van der Waals surface area contributed by atoms with Crippen LogP contribution in [0.25, 0.3) is 17.1 Å². The summed E-state index contributed by atoms with van der Waals surface area (Å²) in [4.78, 5) is 31.0. The van der Waals surface area contributed by atoms with Crippen LogP contribution in [-0.4, -0.2) is 37.0 Å². The molecule has 1 fully saturated rings. The molecule has 3 aliphatic heterocycles. The van der Waals surface area contributed by atoms with E-state index in [0.29, 0.717) is 29.0 Å². The van der Waals surface area contributed by atoms with E-state index in [1.165, 1.54) is 29.3 Å². The summed E-state index contributed by atoms with van der Waals surface area (Å²) in [6.07, 6.45) is 7.50. The normalized spacial score (nSPS) is 22.8. The van der Waals surface area contributed by atoms with Crippen LogP contribution in [0.5, 0.6) is 0 Å². The molecule has 3 atom stereocenters. The minimum absolute atomic E-state index is 0.0557. The van der Waals surface area contributed by atoms with Crippen molar-refractivity contribution in [1.29, 1.82) is 0 Å². The fourth-order valence-corrected chi connectivity index (χ4v) is 6.22. The first-order valence-electron chi connectivity index (χ1n) is 12.5. The molecule has 7 nitrogen and oxygen atoms in total. The lowest BCUT2D eigenvalue weighted by Gasteiger charge is -2.34. The maximum atomic E-state index is 13.3. The van der Waals surface area contributed by atoms with Gasteiger partial charge in [0.1, 0.15) is 5.56 Å². The van der Waals surface area contributed by atoms with E-state index in [1.54, 1.807) is 0 Å². The van der Waals surface area contributed by atoms with E-state index in [0.717, 1.165) is 55.2 Å². The highest BCUT2D eigenvalue weighted by molar-refractivity contribution is 7.99. The van der Waals surface area contributed by atoms with Crippen molar-refractivity contribution in [2.45, 2.75) is 76.5 Å². The van der Waals surface area contributed by atoms with Gasteiger partial charge in [0.15, 0.2) is 11.0 Å². The Hall–Kier alpha value is -2.61. The van der Waals surface area contributed by atoms with Gasteiger partial charge in [0.2, 0.25) is 5.91 Å². The van der Waals surface area contributed by atoms with Gasteiger partial charge >= 0.3 is 0 Å². The molecule has 4 aliphatic rings. The predicted octanol–water partition coefficient (Wildman–Crippen LogP) is 4.29. The summed E-state index contributed by atoms with van der Waals surface area (Å²) in [7, 11) is 0. The monoisotopic (exact) mass is 479 g/mol. The van der Waals surface area contributed by atoms with E-state index in [-0.39, 0.29) is 17.5 Å². The van der Waals surface area contributed by atoms with Crippen molar-refractivity contribution in [2.75, 3.05) is 5.75 Å². The molecule has 3 unspecified atom stereocenters. The van der Waals surface area contributed by atoms with E-state index in [1.807, 2.05) is 30.3 Å². The van der Waals surface area contributed by atoms with Gasteiger partial charge in [-0.25, -0.2) is 4.98 Å². The summed E-state index contributed by atoms with van der Waals surface area (Å²) in [5, 5.41) is 8.63. The molecule has 1 aromatic carbocycles. The average Bonchev–Trinajstić information content (AvgIpc) is 3.00. The minimum Gasteiger partial charge on any atom is -0.352 e. The van der Waals surface area contributed by atoms with Gasteiger partial charge in [0.05, 0.1) is 11.4 Å². The highest BCUT2D eigenvalue weighted by atomic mass is 32.2. The quantitative estimate of drug-likeness (QED) is 0.436. The molecular weight excluding hydrogens is 446 g/mol. The van der Waals surface area contributed by atoms with Crippen LogP contribution in [-0.2, 0) is 17.8 Å². The maximum absolute atomic E-state index is 13.3. The molecule has 1 amide bonds. The lowest BCUT2D eigenvalue weighted by Crippen LogP contribution is -2.44. The Balaban J connectivity index is 1.43. The zero-order valence-electron chi connectivity index (χ0n) is 20.0. The summed E-state index contributed by atoms with van der Waals surface area (Å²) < 4.78 is 3.62. The van der Waals surface area contributed by atoms with E-state index >= 15 is 0 Å². The van der Waals surface area contributed by atoms with Crippen LogP contribution in [0.4, 0.5) is 0 Å². The maximum Gasteiger partial charge on any atom is 0.284 e. The van der Waals surface area contributed by atoms with Crippen molar-refractivity contribution in [3.05, 3.63) is 46.4 Å². The van der Waals surface area contributed by atoms with E-state index in [4.69, 9.17) is 4.98 Å². The number of fused-ring (bicyclic) bond motifs is 3. The van der Waals surface area contributed by atoms with Crippen LogP contribution >= 0.6 is 11.8 Å². The van der Waals surface area contributed by atoms with Gasteiger partial charge in [-0.2, -0.15) is 4.68 Å². The molecule has 1 N–H and O–H groups in total. The van der Waals surface area contributed by atoms with Gasteiger partial charge in [-0.1, -0.05) is 63.1 Å². The van der Waals surface area contributed by atoms with Gasteiger partial charge in [-0.05, 0) is 49.7 Å². The lowest BCUT2D eigenvalue weighted by molar-refractivity contribution is -0.120. The van der Waals surface area contributed by atoms with Gasteiger partial charge in [-0.3, -0.25) is 9.59 Å². The number of aromatic nitrogens is 4. The Labute approximate surface area is 204 Å². The van der Waals surface area contributed by atoms with Crippen LogP contribution in [0, 0.1) is 11.8 Å². The molecule has 0 saturated heterocycles. The number of carbonyl (C=O) groups is 1. The fourth-order valence-electron chi connectivity index (χ4n) is 5.37. The second kappa shape index (κ2) is 9.94. The smallest absolute Gasteiger partial charge is 0.284 e. The van der Waals surface area contributed by atoms with Crippen LogP contribution in [0.1, 0.15) is 58.1 Å². The largest absolute Gasteiger partial charge is 0.352 e. The fraction of sp³-hybridized carbons (Fsp3) is 0.538. The number of para-hydroxylation sites is 1. The summed E-state index contributed by atoms with van der Waals surface area (Å²) in [6, 6.07) is 9.74. The number of hydrogen-bond donors (Lipinski definition) is 1. The third-order valence-electron chi connectivity index (χ3n) is 7.55. The number of nitrogens with zero attached hydrogens (tertiary/aromatic N) is 4. The number of amides is 1. The average molecular weight is 480 g/mol. The minimum atomic E-state index is -0.117. The van der Waals surface area contributed by atoms with Crippen LogP contribution in [0.3, 0.4) is 0 Å². The van der Waals surface area contributed by atoms with Crippen LogP contribution in [0.15, 0.2) is 40.3 Å². The molecule has 8 heteroatoms. The van der Waals surface area contributed by atoms with Crippen molar-refractivity contribution >= 4 is 17.7 Å². The molecule has 5 rings (SSSR count). The van der Waals surface area contributed by atoms with Crippen molar-refractivity contribution in [2.24, 2.45) is 11.8 Å². The second-order valence-corrected chi connectivity index (χ2v) is 10.7. The second-order valence-electron chi connectivity index (χ2n) is 9.78. The third kappa shape index (κ3) is 4.52. The lowest BCUT2D eigenvalue weighted by atomic mass is 9.78. The zero-order chi connectivity index (χ0) is 23.7. The highest BCUT2D eigenvalue weighted by Crippen LogP contribution is 2.31. The van der Waals surface area contributed by atoms with Gasteiger partial charge in [-0.15, -0.1) is 5.10 Å². The van der Waals surface area contributed by atoms with Crippen molar-refractivity contribution in [3.63, 3.8) is 0 Å². The topological polar surface area (TPSA) is 81.8 Å². The Kier molecular flexibility index (Phi) is 6.77. The molecule has 0 aromatic heterocycles. The first-order valence-corrected chi connectivity index (χ1v) is 13.5. The molecule has 1 aliphatic carbocycles. The number of benzene rings is 1. The molecule has 0 bridgehead atoms. The molecule has 180 valence electrons. The molecule has 1 saturated carbocycles. The summed E-state index contributed by atoms with van der Waals surface area (Å²) in [6.45, 7) is 5.34. The predicted molar refractivity (Wildman–Crippen MR) is 135 cm³/mol. The summed E-state index contributed by atoms with van der Waals surface area (Å²) in [5.41, 5.74) is 2.24. The highest BCUT2D eigenvalue weighted by Gasteiger charge is 2.29. The summed E-state index contributed by atoms with van der Waals surface area (Å²) in [5.74, 6) is 1.99. The van der Waals surface area contributed by atoms with Gasteiger partial charge < -0.3 is 9.88 Å². The van der Waals surface area contributed by atoms with Gasteiger partial charge in [0, 0.05) is 18.3 Å². The van der Waals surface area contributed by atoms with E-state index in [9.17, 15) is 9.59 Å².